The molecule has 0 saturated heterocycles. The van der Waals surface area contributed by atoms with Gasteiger partial charge in [-0.2, -0.15) is 13.2 Å². The summed E-state index contributed by atoms with van der Waals surface area (Å²) in [5.74, 6) is -0.391. The molecule has 0 saturated carbocycles. The van der Waals surface area contributed by atoms with Crippen molar-refractivity contribution in [1.82, 2.24) is 5.32 Å². The molecule has 3 aromatic carbocycles. The topological polar surface area (TPSA) is 79.5 Å². The summed E-state index contributed by atoms with van der Waals surface area (Å²) in [4.78, 5) is 24.8. The normalized spacial score (nSPS) is 10.9. The van der Waals surface area contributed by atoms with Crippen LogP contribution in [0.15, 0.2) is 71.2 Å². The van der Waals surface area contributed by atoms with Gasteiger partial charge in [-0.15, -0.1) is 0 Å². The van der Waals surface area contributed by atoms with Gasteiger partial charge in [0.2, 0.25) is 0 Å². The number of anilines is 2. The van der Waals surface area contributed by atoms with Gasteiger partial charge in [0, 0.05) is 22.5 Å². The number of carbonyl (C=O) groups is 2. The van der Waals surface area contributed by atoms with Crippen LogP contribution in [-0.4, -0.2) is 23.5 Å². The third-order valence-electron chi connectivity index (χ3n) is 4.57. The fraction of sp³-hybridized carbons (Fsp3) is 0.125. The van der Waals surface area contributed by atoms with E-state index in [2.05, 4.69) is 31.9 Å². The average Bonchev–Trinajstić information content (AvgIpc) is 2.80. The first-order valence-corrected chi connectivity index (χ1v) is 11.4. The predicted molar refractivity (Wildman–Crippen MR) is 135 cm³/mol. The summed E-state index contributed by atoms with van der Waals surface area (Å²) in [5, 5.41) is 7.87. The number of benzene rings is 3. The summed E-state index contributed by atoms with van der Waals surface area (Å²) in [6, 6.07) is 15.3. The van der Waals surface area contributed by atoms with E-state index in [1.165, 1.54) is 24.3 Å². The van der Waals surface area contributed by atoms with Crippen LogP contribution in [0.3, 0.4) is 0 Å². The minimum atomic E-state index is -4.51. The monoisotopic (exact) mass is 565 g/mol. The van der Waals surface area contributed by atoms with Crippen molar-refractivity contribution in [3.05, 3.63) is 87.9 Å². The van der Waals surface area contributed by atoms with Gasteiger partial charge in [0.1, 0.15) is 5.75 Å². The molecular weight excluding hydrogens is 547 g/mol. The number of rotatable bonds is 6. The maximum atomic E-state index is 12.9. The fourth-order valence-corrected chi connectivity index (χ4v) is 3.64. The zero-order valence-corrected chi connectivity index (χ0v) is 20.6. The Kier molecular flexibility index (Phi) is 8.47. The second kappa shape index (κ2) is 11.3. The Hall–Kier alpha value is -3.44. The molecule has 0 aromatic heterocycles. The number of alkyl halides is 3. The molecule has 0 fully saturated rings. The molecule has 0 bridgehead atoms. The summed E-state index contributed by atoms with van der Waals surface area (Å²) >= 11 is 8.53. The zero-order valence-electron chi connectivity index (χ0n) is 18.2. The highest BCUT2D eigenvalue weighted by Gasteiger charge is 2.30. The fourth-order valence-electron chi connectivity index (χ4n) is 2.93. The number of thiocarbonyl (C=S) groups is 1. The Morgan fingerprint density at radius 3 is 2.23 bits per heavy atom. The largest absolute Gasteiger partial charge is 0.493 e. The van der Waals surface area contributed by atoms with E-state index in [0.29, 0.717) is 28.1 Å². The minimum Gasteiger partial charge on any atom is -0.493 e. The third-order valence-corrected chi connectivity index (χ3v) is 5.40. The van der Waals surface area contributed by atoms with Gasteiger partial charge in [0.05, 0.1) is 16.6 Å². The summed E-state index contributed by atoms with van der Waals surface area (Å²) < 4.78 is 44.6. The molecule has 3 aromatic rings. The van der Waals surface area contributed by atoms with Gasteiger partial charge >= 0.3 is 6.18 Å². The van der Waals surface area contributed by atoms with Crippen molar-refractivity contribution < 1.29 is 27.5 Å². The molecule has 3 rings (SSSR count). The highest BCUT2D eigenvalue weighted by molar-refractivity contribution is 9.10. The summed E-state index contributed by atoms with van der Waals surface area (Å²) in [5.41, 5.74) is 0.256. The molecule has 0 unspecified atom stereocenters. The van der Waals surface area contributed by atoms with Gasteiger partial charge in [-0.1, -0.05) is 6.07 Å². The van der Waals surface area contributed by atoms with Crippen LogP contribution in [0.2, 0.25) is 0 Å². The van der Waals surface area contributed by atoms with Gasteiger partial charge in [-0.05, 0) is 95.7 Å². The van der Waals surface area contributed by atoms with E-state index in [9.17, 15) is 22.8 Å². The number of hydrogen-bond acceptors (Lipinski definition) is 4. The average molecular weight is 566 g/mol. The molecule has 0 heterocycles. The Balaban J connectivity index is 1.58. The van der Waals surface area contributed by atoms with Crippen molar-refractivity contribution in [2.75, 3.05) is 17.2 Å². The Morgan fingerprint density at radius 1 is 0.914 bits per heavy atom. The molecule has 0 spiro atoms. The SMILES string of the molecule is CCOc1ccc(C(=O)NC(=S)Nc2ccc(C(=O)Nc3cccc(C(F)(F)F)c3)cc2)cc1Br. The number of ether oxygens (including phenoxy) is 1. The van der Waals surface area contributed by atoms with Crippen LogP contribution in [0.1, 0.15) is 33.2 Å². The van der Waals surface area contributed by atoms with Crippen LogP contribution in [0.4, 0.5) is 24.5 Å². The first-order chi connectivity index (χ1) is 16.6. The number of halogens is 4. The molecule has 0 aliphatic carbocycles. The lowest BCUT2D eigenvalue weighted by Gasteiger charge is -2.12. The predicted octanol–water partition coefficient (Wildman–Crippen LogP) is 6.25. The molecule has 0 aliphatic rings. The summed E-state index contributed by atoms with van der Waals surface area (Å²) in [6.07, 6.45) is -4.51. The number of hydrogen-bond donors (Lipinski definition) is 3. The van der Waals surface area contributed by atoms with E-state index in [0.717, 1.165) is 12.1 Å². The standard InChI is InChI=1S/C24H19BrF3N3O3S/c1-2-34-20-11-8-15(12-19(20)25)22(33)31-23(35)30-17-9-6-14(7-10-17)21(32)29-18-5-3-4-16(13-18)24(26,27)28/h3-13H,2H2,1H3,(H,29,32)(H2,30,31,33,35). The van der Waals surface area contributed by atoms with Gasteiger partial charge in [0.15, 0.2) is 5.11 Å². The maximum absolute atomic E-state index is 12.9. The quantitative estimate of drug-likeness (QED) is 0.308. The summed E-state index contributed by atoms with van der Waals surface area (Å²) in [7, 11) is 0. The van der Waals surface area contributed by atoms with Crippen LogP contribution in [0, 0.1) is 0 Å². The van der Waals surface area contributed by atoms with Gasteiger partial charge in [-0.25, -0.2) is 0 Å². The third kappa shape index (κ3) is 7.27. The van der Waals surface area contributed by atoms with Crippen LogP contribution in [0.25, 0.3) is 0 Å². The Labute approximate surface area is 213 Å². The molecule has 0 atom stereocenters. The molecule has 35 heavy (non-hydrogen) atoms. The van der Waals surface area contributed by atoms with Crippen molar-refractivity contribution in [3.8, 4) is 5.75 Å². The van der Waals surface area contributed by atoms with Crippen molar-refractivity contribution in [2.24, 2.45) is 0 Å². The Morgan fingerprint density at radius 2 is 1.60 bits per heavy atom. The molecule has 0 radical (unpaired) electrons. The number of carbonyl (C=O) groups excluding carboxylic acids is 2. The lowest BCUT2D eigenvalue weighted by atomic mass is 10.1. The van der Waals surface area contributed by atoms with E-state index >= 15 is 0 Å². The highest BCUT2D eigenvalue weighted by atomic mass is 79.9. The van der Waals surface area contributed by atoms with Crippen molar-refractivity contribution in [3.63, 3.8) is 0 Å². The minimum absolute atomic E-state index is 0.0249. The van der Waals surface area contributed by atoms with Gasteiger partial charge in [0.25, 0.3) is 11.8 Å². The van der Waals surface area contributed by atoms with Crippen molar-refractivity contribution >= 4 is 56.4 Å². The molecule has 3 N–H and O–H groups in total. The van der Waals surface area contributed by atoms with Crippen LogP contribution in [-0.2, 0) is 6.18 Å². The van der Waals surface area contributed by atoms with Crippen LogP contribution in [0.5, 0.6) is 5.75 Å². The number of amides is 2. The Bertz CT molecular complexity index is 1250. The van der Waals surface area contributed by atoms with Crippen molar-refractivity contribution in [2.45, 2.75) is 13.1 Å². The molecule has 11 heteroatoms. The first kappa shape index (κ1) is 26.2. The second-order valence-corrected chi connectivity index (χ2v) is 8.36. The van der Waals surface area contributed by atoms with E-state index in [-0.39, 0.29) is 16.4 Å². The lowest BCUT2D eigenvalue weighted by molar-refractivity contribution is -0.137. The molecule has 6 nitrogen and oxygen atoms in total. The second-order valence-electron chi connectivity index (χ2n) is 7.10. The van der Waals surface area contributed by atoms with E-state index in [4.69, 9.17) is 17.0 Å². The van der Waals surface area contributed by atoms with Gasteiger partial charge < -0.3 is 15.4 Å². The number of nitrogens with one attached hydrogen (secondary N) is 3. The van der Waals surface area contributed by atoms with E-state index in [1.54, 1.807) is 30.3 Å². The molecule has 0 aliphatic heterocycles. The highest BCUT2D eigenvalue weighted by Crippen LogP contribution is 2.31. The lowest BCUT2D eigenvalue weighted by Crippen LogP contribution is -2.34. The molecule has 2 amide bonds. The van der Waals surface area contributed by atoms with E-state index < -0.39 is 23.6 Å². The van der Waals surface area contributed by atoms with E-state index in [1.807, 2.05) is 6.92 Å². The maximum Gasteiger partial charge on any atom is 0.416 e. The smallest absolute Gasteiger partial charge is 0.416 e. The molecule has 182 valence electrons. The summed E-state index contributed by atoms with van der Waals surface area (Å²) in [6.45, 7) is 2.34. The van der Waals surface area contributed by atoms with Crippen LogP contribution >= 0.6 is 28.1 Å². The van der Waals surface area contributed by atoms with Crippen molar-refractivity contribution in [1.29, 1.82) is 0 Å². The van der Waals surface area contributed by atoms with Gasteiger partial charge in [-0.3, -0.25) is 14.9 Å². The molecular formula is C24H19BrF3N3O3S. The van der Waals surface area contributed by atoms with Crippen LogP contribution < -0.4 is 20.7 Å². The first-order valence-electron chi connectivity index (χ1n) is 10.2. The zero-order chi connectivity index (χ0) is 25.6.